The molecular weight excluding hydrogens is 350 g/mol. The van der Waals surface area contributed by atoms with Gasteiger partial charge in [0, 0.05) is 52.1 Å². The number of hydrogen-bond acceptors (Lipinski definition) is 3. The van der Waals surface area contributed by atoms with Crippen LogP contribution >= 0.6 is 0 Å². The summed E-state index contributed by atoms with van der Waals surface area (Å²) in [6.45, 7) is 6.05. The molecule has 2 saturated heterocycles. The number of carbonyl (C=O) groups is 2. The topological polar surface area (TPSA) is 52.7 Å². The molecule has 0 bridgehead atoms. The van der Waals surface area contributed by atoms with E-state index in [1.165, 1.54) is 44.8 Å². The average Bonchev–Trinajstić information content (AvgIpc) is 3.54. The molecule has 2 heterocycles. The van der Waals surface area contributed by atoms with E-state index in [2.05, 4.69) is 40.5 Å². The Kier molecular flexibility index (Phi) is 5.72. The van der Waals surface area contributed by atoms with Gasteiger partial charge in [-0.25, -0.2) is 0 Å². The van der Waals surface area contributed by atoms with Crippen molar-refractivity contribution < 1.29 is 9.59 Å². The van der Waals surface area contributed by atoms with Crippen molar-refractivity contribution in [3.63, 3.8) is 0 Å². The average molecular weight is 384 g/mol. The van der Waals surface area contributed by atoms with Gasteiger partial charge in [0.1, 0.15) is 0 Å². The van der Waals surface area contributed by atoms with Crippen LogP contribution in [0.5, 0.6) is 0 Å². The molecule has 1 unspecified atom stereocenters. The zero-order chi connectivity index (χ0) is 19.6. The Bertz CT molecular complexity index is 693. The van der Waals surface area contributed by atoms with Gasteiger partial charge in [-0.2, -0.15) is 0 Å². The van der Waals surface area contributed by atoms with Crippen LogP contribution in [-0.4, -0.2) is 60.4 Å². The van der Waals surface area contributed by atoms with E-state index in [1.807, 2.05) is 4.90 Å². The number of benzene rings is 1. The molecule has 1 aromatic carbocycles. The summed E-state index contributed by atoms with van der Waals surface area (Å²) in [5.74, 6) is 0.718. The lowest BCUT2D eigenvalue weighted by atomic mass is 9.68. The third-order valence-corrected chi connectivity index (χ3v) is 6.90. The maximum atomic E-state index is 12.5. The van der Waals surface area contributed by atoms with E-state index >= 15 is 0 Å². The molecule has 1 saturated carbocycles. The third-order valence-electron chi connectivity index (χ3n) is 6.90. The fraction of sp³-hybridized carbons (Fsp3) is 0.652. The zero-order valence-electron chi connectivity index (χ0n) is 17.0. The molecule has 5 nitrogen and oxygen atoms in total. The van der Waals surface area contributed by atoms with Gasteiger partial charge in [0.25, 0.3) is 0 Å². The fourth-order valence-electron chi connectivity index (χ4n) is 5.19. The molecule has 1 spiro atoms. The number of amides is 2. The molecule has 1 atom stereocenters. The monoisotopic (exact) mass is 383 g/mol. The summed E-state index contributed by atoms with van der Waals surface area (Å²) in [6, 6.07) is 11.8. The van der Waals surface area contributed by atoms with Crippen molar-refractivity contribution in [1.82, 2.24) is 15.1 Å². The van der Waals surface area contributed by atoms with Gasteiger partial charge in [0.05, 0.1) is 0 Å². The van der Waals surface area contributed by atoms with Crippen LogP contribution < -0.4 is 5.32 Å². The highest BCUT2D eigenvalue weighted by molar-refractivity contribution is 5.78. The summed E-state index contributed by atoms with van der Waals surface area (Å²) in [5, 5.41) is 2.73. The summed E-state index contributed by atoms with van der Waals surface area (Å²) >= 11 is 0. The minimum atomic E-state index is -0.0697. The van der Waals surface area contributed by atoms with Crippen LogP contribution in [0.3, 0.4) is 0 Å². The molecule has 3 fully saturated rings. The normalized spacial score (nSPS) is 24.9. The van der Waals surface area contributed by atoms with Crippen LogP contribution in [0.4, 0.5) is 0 Å². The van der Waals surface area contributed by atoms with Gasteiger partial charge in [-0.05, 0) is 49.0 Å². The Hall–Kier alpha value is -1.88. The highest BCUT2D eigenvalue weighted by atomic mass is 16.2. The molecule has 1 N–H and O–H groups in total. The van der Waals surface area contributed by atoms with Crippen molar-refractivity contribution >= 4 is 11.8 Å². The first kappa shape index (κ1) is 19.4. The minimum absolute atomic E-state index is 0.0697. The highest BCUT2D eigenvalue weighted by Crippen LogP contribution is 2.47. The molecule has 0 radical (unpaired) electrons. The van der Waals surface area contributed by atoms with Crippen LogP contribution in [0.25, 0.3) is 0 Å². The largest absolute Gasteiger partial charge is 0.356 e. The van der Waals surface area contributed by atoms with Gasteiger partial charge < -0.3 is 10.2 Å². The van der Waals surface area contributed by atoms with Crippen molar-refractivity contribution in [2.24, 2.45) is 5.41 Å². The maximum absolute atomic E-state index is 12.5. The molecule has 28 heavy (non-hydrogen) atoms. The van der Waals surface area contributed by atoms with Crippen molar-refractivity contribution in [2.45, 2.75) is 57.4 Å². The van der Waals surface area contributed by atoms with Crippen LogP contribution in [0.15, 0.2) is 30.3 Å². The number of nitrogens with one attached hydrogen (secondary N) is 1. The third kappa shape index (κ3) is 4.57. The van der Waals surface area contributed by atoms with Crippen LogP contribution in [0, 0.1) is 5.41 Å². The summed E-state index contributed by atoms with van der Waals surface area (Å²) in [5.41, 5.74) is 1.82. The van der Waals surface area contributed by atoms with E-state index in [1.54, 1.807) is 0 Å². The van der Waals surface area contributed by atoms with Gasteiger partial charge in [-0.1, -0.05) is 30.3 Å². The molecule has 0 aromatic heterocycles. The number of hydrogen-bond donors (Lipinski definition) is 1. The Morgan fingerprint density at radius 2 is 1.86 bits per heavy atom. The first-order valence-corrected chi connectivity index (χ1v) is 10.9. The summed E-state index contributed by atoms with van der Waals surface area (Å²) in [6.07, 6.45) is 6.56. The Labute approximate surface area is 168 Å². The van der Waals surface area contributed by atoms with E-state index in [9.17, 15) is 9.59 Å². The predicted molar refractivity (Wildman–Crippen MR) is 110 cm³/mol. The number of rotatable bonds is 5. The molecule has 5 heteroatoms. The van der Waals surface area contributed by atoms with Gasteiger partial charge in [0.2, 0.25) is 11.8 Å². The van der Waals surface area contributed by atoms with Crippen LogP contribution in [-0.2, 0) is 9.59 Å². The standard InChI is InChI=1S/C23H33N3O2/c1-18(27)24-12-9-22(28)25-13-10-23(11-14-25)15-20(19-5-3-2-4-6-19)16-26(17-23)21-7-8-21/h2-6,20-21H,7-17H2,1H3,(H,24,27). The number of nitrogens with zero attached hydrogens (tertiary/aromatic N) is 2. The molecular formula is C23H33N3O2. The number of carbonyl (C=O) groups excluding carboxylic acids is 2. The molecule has 4 rings (SSSR count). The fourth-order valence-corrected chi connectivity index (χ4v) is 5.19. The van der Waals surface area contributed by atoms with Crippen molar-refractivity contribution in [3.05, 3.63) is 35.9 Å². The maximum Gasteiger partial charge on any atom is 0.224 e. The molecule has 1 aliphatic carbocycles. The first-order valence-electron chi connectivity index (χ1n) is 10.9. The van der Waals surface area contributed by atoms with Gasteiger partial charge in [0.15, 0.2) is 0 Å². The SMILES string of the molecule is CC(=O)NCCC(=O)N1CCC2(CC1)CC(c1ccccc1)CN(C1CC1)C2. The second-order valence-electron chi connectivity index (χ2n) is 9.09. The van der Waals surface area contributed by atoms with E-state index in [0.29, 0.717) is 24.3 Å². The van der Waals surface area contributed by atoms with Crippen LogP contribution in [0.1, 0.15) is 56.9 Å². The molecule has 152 valence electrons. The van der Waals surface area contributed by atoms with Gasteiger partial charge in [-0.3, -0.25) is 14.5 Å². The summed E-state index contributed by atoms with van der Waals surface area (Å²) in [7, 11) is 0. The van der Waals surface area contributed by atoms with E-state index in [4.69, 9.17) is 0 Å². The molecule has 2 amide bonds. The van der Waals surface area contributed by atoms with Gasteiger partial charge >= 0.3 is 0 Å². The van der Waals surface area contributed by atoms with Crippen LogP contribution in [0.2, 0.25) is 0 Å². The van der Waals surface area contributed by atoms with E-state index in [0.717, 1.165) is 32.0 Å². The van der Waals surface area contributed by atoms with Crippen molar-refractivity contribution in [1.29, 1.82) is 0 Å². The Morgan fingerprint density at radius 3 is 2.50 bits per heavy atom. The Morgan fingerprint density at radius 1 is 1.14 bits per heavy atom. The summed E-state index contributed by atoms with van der Waals surface area (Å²) < 4.78 is 0. The predicted octanol–water partition coefficient (Wildman–Crippen LogP) is 2.77. The molecule has 3 aliphatic rings. The highest BCUT2D eigenvalue weighted by Gasteiger charge is 2.45. The summed E-state index contributed by atoms with van der Waals surface area (Å²) in [4.78, 5) is 28.2. The molecule has 2 aliphatic heterocycles. The number of piperidine rings is 2. The number of likely N-dealkylation sites (tertiary alicyclic amines) is 2. The van der Waals surface area contributed by atoms with Gasteiger partial charge in [-0.15, -0.1) is 0 Å². The second kappa shape index (κ2) is 8.24. The lowest BCUT2D eigenvalue weighted by Gasteiger charge is -2.50. The van der Waals surface area contributed by atoms with Crippen molar-refractivity contribution in [2.75, 3.05) is 32.7 Å². The van der Waals surface area contributed by atoms with E-state index < -0.39 is 0 Å². The quantitative estimate of drug-likeness (QED) is 0.851. The molecule has 1 aromatic rings. The van der Waals surface area contributed by atoms with E-state index in [-0.39, 0.29) is 11.8 Å². The van der Waals surface area contributed by atoms with Crippen molar-refractivity contribution in [3.8, 4) is 0 Å². The smallest absolute Gasteiger partial charge is 0.224 e. The minimum Gasteiger partial charge on any atom is -0.356 e. The Balaban J connectivity index is 1.38. The lowest BCUT2D eigenvalue weighted by Crippen LogP contribution is -2.53. The zero-order valence-corrected chi connectivity index (χ0v) is 17.0. The lowest BCUT2D eigenvalue weighted by molar-refractivity contribution is -0.134. The first-order chi connectivity index (χ1) is 13.5. The second-order valence-corrected chi connectivity index (χ2v) is 9.09.